The van der Waals surface area contributed by atoms with E-state index in [9.17, 15) is 23.6 Å². The van der Waals surface area contributed by atoms with Crippen LogP contribution in [0.1, 0.15) is 36.8 Å². The Morgan fingerprint density at radius 1 is 1.06 bits per heavy atom. The first-order valence-electron chi connectivity index (χ1n) is 9.28. The fraction of sp³-hybridized carbons (Fsp3) is 0.0909. The van der Waals surface area contributed by atoms with Crippen LogP contribution in [0, 0.1) is 5.82 Å². The molecule has 1 aliphatic heterocycles. The zero-order chi connectivity index (χ0) is 22.8. The molecule has 0 saturated carbocycles. The summed E-state index contributed by atoms with van der Waals surface area (Å²) in [6, 6.07) is 10.6. The third-order valence-corrected chi connectivity index (χ3v) is 4.95. The van der Waals surface area contributed by atoms with Gasteiger partial charge in [0.1, 0.15) is 11.6 Å². The van der Waals surface area contributed by atoms with Gasteiger partial charge >= 0.3 is 5.97 Å². The Hall–Kier alpha value is -3.98. The minimum Gasteiger partial charge on any atom is -0.467 e. The topological polar surface area (TPSA) is 106 Å². The van der Waals surface area contributed by atoms with Gasteiger partial charge in [0.2, 0.25) is 0 Å². The summed E-state index contributed by atoms with van der Waals surface area (Å²) < 4.78 is 23.2. The number of esters is 1. The number of imide groups is 1. The zero-order valence-corrected chi connectivity index (χ0v) is 17.0. The second-order valence-electron chi connectivity index (χ2n) is 6.78. The molecule has 1 aliphatic rings. The molecular formula is C22H14ClFN2O6. The van der Waals surface area contributed by atoms with Crippen LogP contribution in [0.15, 0.2) is 59.2 Å². The predicted molar refractivity (Wildman–Crippen MR) is 110 cm³/mol. The van der Waals surface area contributed by atoms with Gasteiger partial charge in [0, 0.05) is 0 Å². The highest BCUT2D eigenvalue weighted by molar-refractivity contribution is 6.33. The van der Waals surface area contributed by atoms with Gasteiger partial charge in [-0.25, -0.2) is 9.18 Å². The minimum atomic E-state index is -0.863. The quantitative estimate of drug-likeness (QED) is 0.448. The number of benzene rings is 2. The van der Waals surface area contributed by atoms with Crippen molar-refractivity contribution in [2.24, 2.45) is 0 Å². The van der Waals surface area contributed by atoms with Crippen molar-refractivity contribution in [3.05, 3.63) is 88.1 Å². The number of fused-ring (bicyclic) bond motifs is 1. The third-order valence-electron chi connectivity index (χ3n) is 4.64. The molecule has 0 bridgehead atoms. The van der Waals surface area contributed by atoms with Gasteiger partial charge in [-0.05, 0) is 48.5 Å². The molecule has 0 spiro atoms. The molecule has 3 aromatic rings. The van der Waals surface area contributed by atoms with Gasteiger partial charge in [-0.3, -0.25) is 19.3 Å². The van der Waals surface area contributed by atoms with Crippen molar-refractivity contribution in [3.63, 3.8) is 0 Å². The van der Waals surface area contributed by atoms with Gasteiger partial charge in [0.15, 0.2) is 6.61 Å². The lowest BCUT2D eigenvalue weighted by molar-refractivity contribution is -0.119. The van der Waals surface area contributed by atoms with E-state index in [1.807, 2.05) is 0 Å². The number of carbonyl (C=O) groups excluding carboxylic acids is 4. The van der Waals surface area contributed by atoms with Crippen LogP contribution in [-0.2, 0) is 16.1 Å². The highest BCUT2D eigenvalue weighted by Crippen LogP contribution is 2.26. The average molecular weight is 457 g/mol. The predicted octanol–water partition coefficient (Wildman–Crippen LogP) is 3.66. The molecule has 1 N–H and O–H groups in total. The van der Waals surface area contributed by atoms with Crippen molar-refractivity contribution in [2.45, 2.75) is 6.54 Å². The Kier molecular flexibility index (Phi) is 5.74. The minimum absolute atomic E-state index is 0.00244. The first kappa shape index (κ1) is 21.3. The van der Waals surface area contributed by atoms with E-state index in [-0.39, 0.29) is 33.9 Å². The van der Waals surface area contributed by atoms with Crippen LogP contribution < -0.4 is 5.32 Å². The molecular weight excluding hydrogens is 443 g/mol. The van der Waals surface area contributed by atoms with Crippen LogP contribution in [0.2, 0.25) is 5.02 Å². The summed E-state index contributed by atoms with van der Waals surface area (Å²) in [6.07, 6.45) is 1.43. The maximum Gasteiger partial charge on any atom is 0.338 e. The summed E-state index contributed by atoms with van der Waals surface area (Å²) in [5.74, 6) is -2.75. The molecule has 32 heavy (non-hydrogen) atoms. The smallest absolute Gasteiger partial charge is 0.338 e. The van der Waals surface area contributed by atoms with E-state index in [1.54, 1.807) is 12.1 Å². The summed E-state index contributed by atoms with van der Waals surface area (Å²) in [4.78, 5) is 50.5. The van der Waals surface area contributed by atoms with Crippen molar-refractivity contribution < 1.29 is 32.7 Å². The van der Waals surface area contributed by atoms with Gasteiger partial charge in [-0.2, -0.15) is 0 Å². The lowest BCUT2D eigenvalue weighted by Crippen LogP contribution is -2.28. The molecule has 0 radical (unpaired) electrons. The Morgan fingerprint density at radius 2 is 1.84 bits per heavy atom. The first-order valence-corrected chi connectivity index (χ1v) is 9.66. The number of amides is 3. The van der Waals surface area contributed by atoms with Crippen molar-refractivity contribution in [1.82, 2.24) is 4.90 Å². The molecule has 0 saturated heterocycles. The largest absolute Gasteiger partial charge is 0.467 e. The molecule has 4 rings (SSSR count). The number of anilines is 1. The Balaban J connectivity index is 1.40. The summed E-state index contributed by atoms with van der Waals surface area (Å²) in [5, 5.41) is 2.39. The number of rotatable bonds is 6. The van der Waals surface area contributed by atoms with Gasteiger partial charge in [-0.1, -0.05) is 11.6 Å². The van der Waals surface area contributed by atoms with Gasteiger partial charge in [-0.15, -0.1) is 0 Å². The standard InChI is InChI=1S/C22H14ClFN2O6/c23-17-9-13(24)4-6-18(17)25-19(27)11-32-22(30)12-3-5-15-16(8-12)21(29)26(20(15)28)10-14-2-1-7-31-14/h1-9H,10-11H2,(H,25,27). The SMILES string of the molecule is O=C(COC(=O)c1ccc2c(c1)C(=O)N(Cc1ccco1)C2=O)Nc1ccc(F)cc1Cl. The van der Waals surface area contributed by atoms with E-state index in [0.717, 1.165) is 17.0 Å². The molecule has 162 valence electrons. The summed E-state index contributed by atoms with van der Waals surface area (Å²) in [7, 11) is 0. The Bertz CT molecular complexity index is 1240. The fourth-order valence-corrected chi connectivity index (χ4v) is 3.33. The molecule has 0 aliphatic carbocycles. The van der Waals surface area contributed by atoms with Crippen LogP contribution in [-0.4, -0.2) is 35.2 Å². The number of ether oxygens (including phenoxy) is 1. The molecule has 3 amide bonds. The van der Waals surface area contributed by atoms with Crippen LogP contribution >= 0.6 is 11.6 Å². The lowest BCUT2D eigenvalue weighted by Gasteiger charge is -2.11. The zero-order valence-electron chi connectivity index (χ0n) is 16.3. The van der Waals surface area contributed by atoms with Crippen LogP contribution in [0.5, 0.6) is 0 Å². The normalized spacial score (nSPS) is 12.6. The number of furan rings is 1. The summed E-state index contributed by atoms with van der Waals surface area (Å²) in [6.45, 7) is -0.674. The third kappa shape index (κ3) is 4.23. The highest BCUT2D eigenvalue weighted by atomic mass is 35.5. The van der Waals surface area contributed by atoms with Crippen LogP contribution in [0.25, 0.3) is 0 Å². The fourth-order valence-electron chi connectivity index (χ4n) is 3.11. The highest BCUT2D eigenvalue weighted by Gasteiger charge is 2.36. The molecule has 0 atom stereocenters. The van der Waals surface area contributed by atoms with E-state index in [2.05, 4.69) is 5.32 Å². The molecule has 0 unspecified atom stereocenters. The molecule has 1 aromatic heterocycles. The maximum absolute atomic E-state index is 13.1. The van der Waals surface area contributed by atoms with Crippen molar-refractivity contribution in [2.75, 3.05) is 11.9 Å². The maximum atomic E-state index is 13.1. The number of nitrogens with one attached hydrogen (secondary N) is 1. The van der Waals surface area contributed by atoms with Crippen LogP contribution in [0.3, 0.4) is 0 Å². The van der Waals surface area contributed by atoms with E-state index in [4.69, 9.17) is 20.8 Å². The lowest BCUT2D eigenvalue weighted by atomic mass is 10.1. The van der Waals surface area contributed by atoms with Crippen LogP contribution in [0.4, 0.5) is 10.1 Å². The summed E-state index contributed by atoms with van der Waals surface area (Å²) in [5.41, 5.74) is 0.366. The number of nitrogens with zero attached hydrogens (tertiary/aromatic N) is 1. The van der Waals surface area contributed by atoms with E-state index < -0.39 is 36.1 Å². The number of hydrogen-bond donors (Lipinski definition) is 1. The first-order chi connectivity index (χ1) is 15.3. The van der Waals surface area contributed by atoms with Gasteiger partial charge in [0.05, 0.1) is 40.2 Å². The monoisotopic (exact) mass is 456 g/mol. The van der Waals surface area contributed by atoms with Gasteiger partial charge < -0.3 is 14.5 Å². The molecule has 2 aromatic carbocycles. The molecule has 2 heterocycles. The second-order valence-corrected chi connectivity index (χ2v) is 7.19. The van der Waals surface area contributed by atoms with E-state index >= 15 is 0 Å². The van der Waals surface area contributed by atoms with Crippen molar-refractivity contribution in [1.29, 1.82) is 0 Å². The van der Waals surface area contributed by atoms with Crippen molar-refractivity contribution in [3.8, 4) is 0 Å². The Labute approximate surface area is 185 Å². The van der Waals surface area contributed by atoms with E-state index in [0.29, 0.717) is 5.76 Å². The number of halogens is 2. The Morgan fingerprint density at radius 3 is 2.56 bits per heavy atom. The molecule has 10 heteroatoms. The average Bonchev–Trinajstić information content (AvgIpc) is 3.37. The summed E-state index contributed by atoms with van der Waals surface area (Å²) >= 11 is 5.84. The molecule has 8 nitrogen and oxygen atoms in total. The van der Waals surface area contributed by atoms with E-state index in [1.165, 1.54) is 30.5 Å². The number of carbonyl (C=O) groups is 4. The van der Waals surface area contributed by atoms with Gasteiger partial charge in [0.25, 0.3) is 17.7 Å². The van der Waals surface area contributed by atoms with Crippen molar-refractivity contribution >= 4 is 41.0 Å². The molecule has 0 fully saturated rings. The number of hydrogen-bond acceptors (Lipinski definition) is 6. The second kappa shape index (κ2) is 8.64.